The molecule has 1 heterocycles. The third-order valence-corrected chi connectivity index (χ3v) is 7.01. The summed E-state index contributed by atoms with van der Waals surface area (Å²) >= 11 is 6.25. The predicted molar refractivity (Wildman–Crippen MR) is 118 cm³/mol. The standard InChI is InChI=1S/C22H25ClN2O3S/c1-4-25-19-11-10-17(23)14-18(19)20(16-8-6-5-7-9-16)21(29(25,27)28)22(26)24-13-12-15(2)3/h5-11,14-15H,4,12-13H2,1-3H3,(H,24,26). The summed E-state index contributed by atoms with van der Waals surface area (Å²) in [6.45, 7) is 6.47. The van der Waals surface area contributed by atoms with Gasteiger partial charge in [0.2, 0.25) is 0 Å². The van der Waals surface area contributed by atoms with Gasteiger partial charge in [-0.25, -0.2) is 8.42 Å². The van der Waals surface area contributed by atoms with E-state index < -0.39 is 15.9 Å². The second-order valence-electron chi connectivity index (χ2n) is 7.34. The number of carbonyl (C=O) groups is 1. The molecule has 29 heavy (non-hydrogen) atoms. The van der Waals surface area contributed by atoms with E-state index in [1.54, 1.807) is 37.3 Å². The molecular weight excluding hydrogens is 408 g/mol. The van der Waals surface area contributed by atoms with Crippen LogP contribution in [0.5, 0.6) is 0 Å². The fraction of sp³-hybridized carbons (Fsp3) is 0.318. The molecule has 0 saturated heterocycles. The summed E-state index contributed by atoms with van der Waals surface area (Å²) in [7, 11) is -4.03. The third-order valence-electron chi connectivity index (χ3n) is 4.83. The molecule has 1 aliphatic rings. The van der Waals surface area contributed by atoms with Gasteiger partial charge in [-0.2, -0.15) is 0 Å². The van der Waals surface area contributed by atoms with Gasteiger partial charge in [0.15, 0.2) is 4.91 Å². The van der Waals surface area contributed by atoms with Crippen LogP contribution in [-0.2, 0) is 14.8 Å². The maximum Gasteiger partial charge on any atom is 0.270 e. The van der Waals surface area contributed by atoms with Gasteiger partial charge < -0.3 is 5.32 Å². The van der Waals surface area contributed by atoms with Gasteiger partial charge in [0, 0.05) is 29.2 Å². The molecule has 5 nitrogen and oxygen atoms in total. The van der Waals surface area contributed by atoms with Crippen molar-refractivity contribution in [3.8, 4) is 0 Å². The van der Waals surface area contributed by atoms with E-state index in [2.05, 4.69) is 19.2 Å². The van der Waals surface area contributed by atoms with E-state index in [-0.39, 0.29) is 11.4 Å². The molecule has 0 bridgehead atoms. The van der Waals surface area contributed by atoms with Crippen LogP contribution in [0, 0.1) is 5.92 Å². The van der Waals surface area contributed by atoms with Gasteiger partial charge in [-0.15, -0.1) is 0 Å². The average Bonchev–Trinajstić information content (AvgIpc) is 2.67. The number of nitrogens with one attached hydrogen (secondary N) is 1. The first kappa shape index (κ1) is 21.4. The quantitative estimate of drug-likeness (QED) is 0.734. The molecule has 0 fully saturated rings. The van der Waals surface area contributed by atoms with Crippen molar-refractivity contribution in [3.05, 3.63) is 69.6 Å². The van der Waals surface area contributed by atoms with Crippen LogP contribution < -0.4 is 9.62 Å². The number of benzene rings is 2. The van der Waals surface area contributed by atoms with E-state index in [4.69, 9.17) is 11.6 Å². The lowest BCUT2D eigenvalue weighted by Crippen LogP contribution is -2.41. The van der Waals surface area contributed by atoms with Gasteiger partial charge in [-0.1, -0.05) is 55.8 Å². The van der Waals surface area contributed by atoms with Gasteiger partial charge in [-0.3, -0.25) is 9.10 Å². The van der Waals surface area contributed by atoms with E-state index in [0.717, 1.165) is 6.42 Å². The molecule has 2 aromatic rings. The minimum absolute atomic E-state index is 0.210. The molecule has 154 valence electrons. The number of halogens is 1. The van der Waals surface area contributed by atoms with Gasteiger partial charge >= 0.3 is 0 Å². The highest BCUT2D eigenvalue weighted by atomic mass is 35.5. The molecule has 0 radical (unpaired) electrons. The second kappa shape index (κ2) is 8.59. The maximum absolute atomic E-state index is 13.5. The van der Waals surface area contributed by atoms with Crippen molar-refractivity contribution in [3.63, 3.8) is 0 Å². The van der Waals surface area contributed by atoms with Crippen LogP contribution in [0.1, 0.15) is 38.3 Å². The van der Waals surface area contributed by atoms with Gasteiger partial charge in [0.25, 0.3) is 15.9 Å². The molecule has 3 rings (SSSR count). The SMILES string of the molecule is CCN1c2ccc(Cl)cc2C(c2ccccc2)=C(C(=O)NCCC(C)C)S1(=O)=O. The van der Waals surface area contributed by atoms with E-state index in [0.29, 0.717) is 39.9 Å². The Balaban J connectivity index is 2.27. The van der Waals surface area contributed by atoms with Crippen LogP contribution in [0.4, 0.5) is 5.69 Å². The first-order valence-electron chi connectivity index (χ1n) is 9.68. The Morgan fingerprint density at radius 1 is 1.14 bits per heavy atom. The average molecular weight is 433 g/mol. The summed E-state index contributed by atoms with van der Waals surface area (Å²) in [5.74, 6) is -0.193. The lowest BCUT2D eigenvalue weighted by Gasteiger charge is -2.33. The first-order chi connectivity index (χ1) is 13.8. The largest absolute Gasteiger partial charge is 0.351 e. The summed E-state index contributed by atoms with van der Waals surface area (Å²) in [6.07, 6.45) is 0.764. The highest BCUT2D eigenvalue weighted by Crippen LogP contribution is 2.43. The summed E-state index contributed by atoms with van der Waals surface area (Å²) < 4.78 is 28.2. The Morgan fingerprint density at radius 2 is 1.83 bits per heavy atom. The predicted octanol–water partition coefficient (Wildman–Crippen LogP) is 4.43. The highest BCUT2D eigenvalue weighted by molar-refractivity contribution is 7.97. The number of hydrogen-bond acceptors (Lipinski definition) is 3. The van der Waals surface area contributed by atoms with Gasteiger partial charge in [-0.05, 0) is 43.0 Å². The van der Waals surface area contributed by atoms with Crippen molar-refractivity contribution in [2.75, 3.05) is 17.4 Å². The topological polar surface area (TPSA) is 66.5 Å². The number of fused-ring (bicyclic) bond motifs is 1. The molecule has 0 atom stereocenters. The first-order valence-corrected chi connectivity index (χ1v) is 11.5. The number of sulfonamides is 1. The van der Waals surface area contributed by atoms with Crippen LogP contribution in [0.3, 0.4) is 0 Å². The van der Waals surface area contributed by atoms with Crippen LogP contribution in [-0.4, -0.2) is 27.4 Å². The molecule has 0 aromatic heterocycles. The normalized spacial score (nSPS) is 15.4. The fourth-order valence-electron chi connectivity index (χ4n) is 3.43. The zero-order chi connectivity index (χ0) is 21.2. The van der Waals surface area contributed by atoms with Crippen molar-refractivity contribution in [1.82, 2.24) is 5.32 Å². The zero-order valence-corrected chi connectivity index (χ0v) is 18.3. The third kappa shape index (κ3) is 4.19. The highest BCUT2D eigenvalue weighted by Gasteiger charge is 2.40. The number of nitrogens with zero attached hydrogens (tertiary/aromatic N) is 1. The van der Waals surface area contributed by atoms with E-state index in [1.807, 2.05) is 18.2 Å². The Hall–Kier alpha value is -2.31. The van der Waals surface area contributed by atoms with Crippen molar-refractivity contribution in [2.45, 2.75) is 27.2 Å². The van der Waals surface area contributed by atoms with Crippen LogP contribution >= 0.6 is 11.6 Å². The van der Waals surface area contributed by atoms with Gasteiger partial charge in [0.05, 0.1) is 5.69 Å². The summed E-state index contributed by atoms with van der Waals surface area (Å²) in [6, 6.07) is 14.2. The van der Waals surface area contributed by atoms with Gasteiger partial charge in [0.1, 0.15) is 0 Å². The minimum Gasteiger partial charge on any atom is -0.351 e. The molecule has 1 amide bonds. The van der Waals surface area contributed by atoms with E-state index in [9.17, 15) is 13.2 Å². The monoisotopic (exact) mass is 432 g/mol. The number of amides is 1. The number of rotatable bonds is 6. The molecule has 1 aliphatic heterocycles. The fourth-order valence-corrected chi connectivity index (χ4v) is 5.38. The molecule has 7 heteroatoms. The molecule has 0 unspecified atom stereocenters. The van der Waals surface area contributed by atoms with Crippen molar-refractivity contribution in [2.24, 2.45) is 5.92 Å². The summed E-state index contributed by atoms with van der Waals surface area (Å²) in [5, 5.41) is 3.27. The van der Waals surface area contributed by atoms with E-state index >= 15 is 0 Å². The van der Waals surface area contributed by atoms with Crippen molar-refractivity contribution in [1.29, 1.82) is 0 Å². The molecular formula is C22H25ClN2O3S. The second-order valence-corrected chi connectivity index (χ2v) is 9.58. The smallest absolute Gasteiger partial charge is 0.270 e. The Morgan fingerprint density at radius 3 is 2.45 bits per heavy atom. The molecule has 2 aromatic carbocycles. The minimum atomic E-state index is -4.03. The van der Waals surface area contributed by atoms with Crippen molar-refractivity contribution >= 4 is 38.8 Å². The number of hydrogen-bond donors (Lipinski definition) is 1. The van der Waals surface area contributed by atoms with Crippen LogP contribution in [0.2, 0.25) is 5.02 Å². The number of carbonyl (C=O) groups excluding carboxylic acids is 1. The summed E-state index contributed by atoms with van der Waals surface area (Å²) in [4.78, 5) is 12.9. The zero-order valence-electron chi connectivity index (χ0n) is 16.8. The Kier molecular flexibility index (Phi) is 6.34. The van der Waals surface area contributed by atoms with Crippen molar-refractivity contribution < 1.29 is 13.2 Å². The van der Waals surface area contributed by atoms with Crippen LogP contribution in [0.15, 0.2) is 53.4 Å². The lowest BCUT2D eigenvalue weighted by atomic mass is 9.95. The lowest BCUT2D eigenvalue weighted by molar-refractivity contribution is -0.116. The molecule has 0 saturated carbocycles. The molecule has 0 spiro atoms. The Bertz CT molecular complexity index is 1050. The number of anilines is 1. The molecule has 1 N–H and O–H groups in total. The Labute approximate surface area is 177 Å². The molecule has 0 aliphatic carbocycles. The summed E-state index contributed by atoms with van der Waals surface area (Å²) in [5.41, 5.74) is 2.20. The van der Waals surface area contributed by atoms with E-state index in [1.165, 1.54) is 4.31 Å². The van der Waals surface area contributed by atoms with Crippen LogP contribution in [0.25, 0.3) is 5.57 Å². The maximum atomic E-state index is 13.5.